The van der Waals surface area contributed by atoms with Crippen LogP contribution in [0.1, 0.15) is 15.9 Å². The van der Waals surface area contributed by atoms with E-state index in [0.717, 1.165) is 5.56 Å². The summed E-state index contributed by atoms with van der Waals surface area (Å²) in [7, 11) is 0. The number of rotatable bonds is 2. The molecule has 0 saturated heterocycles. The molecule has 5 heteroatoms. The quantitative estimate of drug-likeness (QED) is 0.793. The fourth-order valence-electron chi connectivity index (χ4n) is 2.23. The van der Waals surface area contributed by atoms with Crippen molar-refractivity contribution in [1.29, 1.82) is 0 Å². The van der Waals surface area contributed by atoms with Crippen LogP contribution in [0.4, 0.5) is 5.69 Å². The van der Waals surface area contributed by atoms with Crippen LogP contribution in [0.3, 0.4) is 0 Å². The van der Waals surface area contributed by atoms with Gasteiger partial charge in [-0.15, -0.1) is 0 Å². The van der Waals surface area contributed by atoms with Gasteiger partial charge in [0, 0.05) is 5.02 Å². The maximum atomic E-state index is 12.1. The Hall–Kier alpha value is -1.84. The maximum absolute atomic E-state index is 12.1. The Morgan fingerprint density at radius 1 is 0.950 bits per heavy atom. The van der Waals surface area contributed by atoms with Crippen LogP contribution < -0.4 is 4.90 Å². The van der Waals surface area contributed by atoms with Gasteiger partial charge in [-0.3, -0.25) is 9.59 Å². The number of hydrogen-bond acceptors (Lipinski definition) is 2. The summed E-state index contributed by atoms with van der Waals surface area (Å²) in [6.07, 6.45) is 0. The minimum Gasteiger partial charge on any atom is -0.300 e. The third kappa shape index (κ3) is 2.09. The van der Waals surface area contributed by atoms with Crippen LogP contribution in [0.2, 0.25) is 10.0 Å². The van der Waals surface area contributed by atoms with Crippen LogP contribution in [-0.4, -0.2) is 11.7 Å². The van der Waals surface area contributed by atoms with E-state index in [1.165, 1.54) is 4.90 Å². The molecule has 2 aromatic carbocycles. The Morgan fingerprint density at radius 3 is 2.35 bits per heavy atom. The summed E-state index contributed by atoms with van der Waals surface area (Å²) in [5.41, 5.74) is 1.74. The monoisotopic (exact) mass is 305 g/mol. The lowest BCUT2D eigenvalue weighted by Gasteiger charge is -2.16. The molecule has 0 fully saturated rings. The van der Waals surface area contributed by atoms with Gasteiger partial charge in [0.1, 0.15) is 0 Å². The first kappa shape index (κ1) is 13.2. The van der Waals surface area contributed by atoms with E-state index < -0.39 is 11.7 Å². The molecule has 1 aliphatic rings. The van der Waals surface area contributed by atoms with E-state index in [2.05, 4.69) is 0 Å². The van der Waals surface area contributed by atoms with E-state index in [9.17, 15) is 9.59 Å². The van der Waals surface area contributed by atoms with Crippen molar-refractivity contribution in [2.45, 2.75) is 6.54 Å². The van der Waals surface area contributed by atoms with Crippen LogP contribution >= 0.6 is 23.2 Å². The fraction of sp³-hybridized carbons (Fsp3) is 0.0667. The normalized spacial score (nSPS) is 13.8. The zero-order valence-electron chi connectivity index (χ0n) is 10.3. The lowest BCUT2D eigenvalue weighted by atomic mass is 10.1. The number of carbonyl (C=O) groups excluding carboxylic acids is 2. The van der Waals surface area contributed by atoms with Gasteiger partial charge in [-0.1, -0.05) is 41.4 Å². The molecule has 100 valence electrons. The van der Waals surface area contributed by atoms with Crippen LogP contribution in [0.15, 0.2) is 42.5 Å². The minimum atomic E-state index is -0.556. The number of amides is 1. The first-order valence-electron chi connectivity index (χ1n) is 5.97. The molecular weight excluding hydrogens is 297 g/mol. The highest BCUT2D eigenvalue weighted by molar-refractivity contribution is 6.55. The number of nitrogens with zero attached hydrogens (tertiary/aromatic N) is 1. The summed E-state index contributed by atoms with van der Waals surface area (Å²) in [5, 5.41) is 0.931. The molecule has 0 aromatic heterocycles. The van der Waals surface area contributed by atoms with Crippen molar-refractivity contribution in [3.63, 3.8) is 0 Å². The standard InChI is InChI=1S/C15H9Cl2NO2/c16-10-6-4-9(5-7-10)8-18-12-3-1-2-11(17)13(12)14(19)15(18)20/h1-7H,8H2. The maximum Gasteiger partial charge on any atom is 0.299 e. The highest BCUT2D eigenvalue weighted by Gasteiger charge is 2.37. The molecule has 0 radical (unpaired) electrons. The number of ketones is 1. The van der Waals surface area contributed by atoms with E-state index in [4.69, 9.17) is 23.2 Å². The second-order valence-corrected chi connectivity index (χ2v) is 5.32. The van der Waals surface area contributed by atoms with Crippen molar-refractivity contribution in [3.05, 3.63) is 63.6 Å². The predicted octanol–water partition coefficient (Wildman–Crippen LogP) is 3.72. The summed E-state index contributed by atoms with van der Waals surface area (Å²) < 4.78 is 0. The minimum absolute atomic E-state index is 0.285. The van der Waals surface area contributed by atoms with Gasteiger partial charge in [0.05, 0.1) is 22.8 Å². The first-order valence-corrected chi connectivity index (χ1v) is 6.72. The highest BCUT2D eigenvalue weighted by atomic mass is 35.5. The van der Waals surface area contributed by atoms with Gasteiger partial charge < -0.3 is 4.90 Å². The largest absolute Gasteiger partial charge is 0.300 e. The molecule has 0 N–H and O–H groups in total. The Labute approximate surface area is 125 Å². The zero-order valence-corrected chi connectivity index (χ0v) is 11.8. The van der Waals surface area contributed by atoms with Crippen LogP contribution in [0.25, 0.3) is 0 Å². The Kier molecular flexibility index (Phi) is 3.24. The molecular formula is C15H9Cl2NO2. The van der Waals surface area contributed by atoms with Gasteiger partial charge in [-0.2, -0.15) is 0 Å². The second kappa shape index (κ2) is 4.93. The van der Waals surface area contributed by atoms with Gasteiger partial charge in [-0.25, -0.2) is 0 Å². The summed E-state index contributed by atoms with van der Waals surface area (Å²) in [5.74, 6) is -1.11. The van der Waals surface area contributed by atoms with Crippen molar-refractivity contribution in [2.24, 2.45) is 0 Å². The molecule has 1 amide bonds. The molecule has 0 bridgehead atoms. The van der Waals surface area contributed by atoms with E-state index in [1.807, 2.05) is 12.1 Å². The summed E-state index contributed by atoms with van der Waals surface area (Å²) in [4.78, 5) is 25.5. The highest BCUT2D eigenvalue weighted by Crippen LogP contribution is 2.35. The first-order chi connectivity index (χ1) is 9.58. The molecule has 0 aliphatic carbocycles. The Balaban J connectivity index is 1.99. The lowest BCUT2D eigenvalue weighted by molar-refractivity contribution is -0.114. The van der Waals surface area contributed by atoms with Crippen molar-refractivity contribution in [3.8, 4) is 0 Å². The Bertz CT molecular complexity index is 710. The van der Waals surface area contributed by atoms with Gasteiger partial charge in [0.2, 0.25) is 0 Å². The third-order valence-corrected chi connectivity index (χ3v) is 3.77. The number of Topliss-reactive ketones (excluding diaryl/α,β-unsaturated/α-hetero) is 1. The molecule has 3 nitrogen and oxygen atoms in total. The summed E-state index contributed by atoms with van der Waals surface area (Å²) >= 11 is 11.8. The summed E-state index contributed by atoms with van der Waals surface area (Å²) in [6.45, 7) is 0.315. The topological polar surface area (TPSA) is 37.4 Å². The van der Waals surface area contributed by atoms with Gasteiger partial charge in [0.25, 0.3) is 11.7 Å². The average molecular weight is 306 g/mol. The number of hydrogen-bond donors (Lipinski definition) is 0. The van der Waals surface area contributed by atoms with Crippen LogP contribution in [0.5, 0.6) is 0 Å². The zero-order chi connectivity index (χ0) is 14.3. The van der Waals surface area contributed by atoms with Crippen LogP contribution in [-0.2, 0) is 11.3 Å². The van der Waals surface area contributed by atoms with E-state index in [0.29, 0.717) is 22.3 Å². The van der Waals surface area contributed by atoms with Gasteiger partial charge in [-0.05, 0) is 29.8 Å². The number of fused-ring (bicyclic) bond motifs is 1. The fourth-order valence-corrected chi connectivity index (χ4v) is 2.61. The number of anilines is 1. The summed E-state index contributed by atoms with van der Waals surface area (Å²) in [6, 6.07) is 12.2. The molecule has 20 heavy (non-hydrogen) atoms. The van der Waals surface area contributed by atoms with Crippen molar-refractivity contribution < 1.29 is 9.59 Å². The van der Waals surface area contributed by atoms with E-state index in [1.54, 1.807) is 30.3 Å². The number of carbonyl (C=O) groups is 2. The second-order valence-electron chi connectivity index (χ2n) is 4.48. The molecule has 1 aliphatic heterocycles. The van der Waals surface area contributed by atoms with Gasteiger partial charge >= 0.3 is 0 Å². The lowest BCUT2D eigenvalue weighted by Crippen LogP contribution is -2.29. The SMILES string of the molecule is O=C1C(=O)N(Cc2ccc(Cl)cc2)c2cccc(Cl)c21. The predicted molar refractivity (Wildman–Crippen MR) is 78.4 cm³/mol. The van der Waals surface area contributed by atoms with E-state index >= 15 is 0 Å². The molecule has 0 saturated carbocycles. The molecule has 0 atom stereocenters. The van der Waals surface area contributed by atoms with E-state index in [-0.39, 0.29) is 5.56 Å². The van der Waals surface area contributed by atoms with Crippen LogP contribution in [0, 0.1) is 0 Å². The molecule has 2 aromatic rings. The number of benzene rings is 2. The molecule has 1 heterocycles. The van der Waals surface area contributed by atoms with Crippen molar-refractivity contribution in [2.75, 3.05) is 4.90 Å². The molecule has 0 unspecified atom stereocenters. The average Bonchev–Trinajstić information content (AvgIpc) is 2.67. The number of halogens is 2. The van der Waals surface area contributed by atoms with Gasteiger partial charge in [0.15, 0.2) is 0 Å². The Morgan fingerprint density at radius 2 is 1.65 bits per heavy atom. The third-order valence-electron chi connectivity index (χ3n) is 3.20. The molecule has 0 spiro atoms. The van der Waals surface area contributed by atoms with Crippen molar-refractivity contribution in [1.82, 2.24) is 0 Å². The smallest absolute Gasteiger partial charge is 0.299 e. The molecule has 3 rings (SSSR count). The van der Waals surface area contributed by atoms with Crippen molar-refractivity contribution >= 4 is 40.6 Å².